The second kappa shape index (κ2) is 7.17. The second-order valence-corrected chi connectivity index (χ2v) is 6.96. The number of furan rings is 1. The molecule has 150 valence electrons. The molecule has 1 aromatic carbocycles. The Morgan fingerprint density at radius 3 is 2.86 bits per heavy atom. The molecule has 0 saturated carbocycles. The third-order valence-electron chi connectivity index (χ3n) is 5.26. The number of carbonyl (C=O) groups excluding carboxylic acids is 2. The molecule has 3 aromatic rings. The van der Waals surface area contributed by atoms with Crippen LogP contribution >= 0.6 is 0 Å². The van der Waals surface area contributed by atoms with Crippen molar-refractivity contribution in [3.63, 3.8) is 0 Å². The van der Waals surface area contributed by atoms with Crippen molar-refractivity contribution in [2.75, 3.05) is 13.2 Å². The average Bonchev–Trinajstić information content (AvgIpc) is 3.26. The summed E-state index contributed by atoms with van der Waals surface area (Å²) >= 11 is 0. The topological polar surface area (TPSA) is 141 Å². The van der Waals surface area contributed by atoms with Crippen LogP contribution in [0.15, 0.2) is 34.9 Å². The Balaban J connectivity index is 1.94. The molecule has 1 aliphatic heterocycles. The largest absolute Gasteiger partial charge is 0.487 e. The quantitative estimate of drug-likeness (QED) is 0.563. The highest BCUT2D eigenvalue weighted by atomic mass is 16.5. The zero-order valence-electron chi connectivity index (χ0n) is 15.8. The maximum atomic E-state index is 12.8. The Labute approximate surface area is 165 Å². The van der Waals surface area contributed by atoms with Crippen LogP contribution in [0.3, 0.4) is 0 Å². The summed E-state index contributed by atoms with van der Waals surface area (Å²) in [6.07, 6.45) is 1.89. The molecule has 1 aliphatic rings. The predicted octanol–water partition coefficient (Wildman–Crippen LogP) is 0.959. The van der Waals surface area contributed by atoms with Gasteiger partial charge in [-0.05, 0) is 37.6 Å². The maximum Gasteiger partial charge on any atom is 0.252 e. The van der Waals surface area contributed by atoms with Crippen molar-refractivity contribution < 1.29 is 23.8 Å². The van der Waals surface area contributed by atoms with Crippen molar-refractivity contribution in [2.24, 2.45) is 5.73 Å². The number of hydrogen-bond acceptors (Lipinski definition) is 7. The number of nitrogens with zero attached hydrogens (tertiary/aromatic N) is 2. The number of benzene rings is 1. The van der Waals surface area contributed by atoms with E-state index >= 15 is 0 Å². The van der Waals surface area contributed by atoms with Crippen LogP contribution in [0.25, 0.3) is 11.0 Å². The van der Waals surface area contributed by atoms with Gasteiger partial charge < -0.3 is 25.3 Å². The number of ether oxygens (including phenoxy) is 1. The highest BCUT2D eigenvalue weighted by molar-refractivity contribution is 6.10. The van der Waals surface area contributed by atoms with Crippen LogP contribution in [0.4, 0.5) is 0 Å². The lowest BCUT2D eigenvalue weighted by atomic mass is 9.76. The zero-order chi connectivity index (χ0) is 20.6. The number of primary amides is 1. The van der Waals surface area contributed by atoms with Gasteiger partial charge in [-0.3, -0.25) is 9.59 Å². The van der Waals surface area contributed by atoms with Gasteiger partial charge in [0.05, 0.1) is 12.2 Å². The molecule has 3 heterocycles. The molecule has 29 heavy (non-hydrogen) atoms. The molecule has 0 bridgehead atoms. The van der Waals surface area contributed by atoms with Gasteiger partial charge in [0, 0.05) is 23.7 Å². The minimum Gasteiger partial charge on any atom is -0.487 e. The molecule has 1 unspecified atom stereocenters. The minimum absolute atomic E-state index is 0.0954. The Morgan fingerprint density at radius 1 is 1.41 bits per heavy atom. The number of nitrogens with two attached hydrogens (primary N) is 1. The number of rotatable bonds is 6. The van der Waals surface area contributed by atoms with Crippen LogP contribution in [-0.2, 0) is 16.8 Å². The van der Waals surface area contributed by atoms with E-state index in [4.69, 9.17) is 14.9 Å². The summed E-state index contributed by atoms with van der Waals surface area (Å²) in [5, 5.41) is 21.2. The number of aromatic nitrogens is 2. The summed E-state index contributed by atoms with van der Waals surface area (Å²) in [5.41, 5.74) is 5.87. The van der Waals surface area contributed by atoms with Gasteiger partial charge in [-0.1, -0.05) is 0 Å². The number of amides is 2. The van der Waals surface area contributed by atoms with Gasteiger partial charge in [-0.25, -0.2) is 0 Å². The summed E-state index contributed by atoms with van der Waals surface area (Å²) in [5.74, 6) is -0.338. The van der Waals surface area contributed by atoms with Gasteiger partial charge in [0.15, 0.2) is 0 Å². The summed E-state index contributed by atoms with van der Waals surface area (Å²) in [4.78, 5) is 25.0. The van der Waals surface area contributed by atoms with E-state index in [1.807, 2.05) is 0 Å². The average molecular weight is 396 g/mol. The van der Waals surface area contributed by atoms with Crippen LogP contribution < -0.4 is 15.8 Å². The molecule has 1 fully saturated rings. The predicted molar refractivity (Wildman–Crippen MR) is 102 cm³/mol. The molecular weight excluding hydrogens is 376 g/mol. The number of aryl methyl sites for hydroxylation is 1. The molecule has 4 rings (SSSR count). The summed E-state index contributed by atoms with van der Waals surface area (Å²) in [6, 6.07) is 6.80. The van der Waals surface area contributed by atoms with Crippen LogP contribution in [-0.4, -0.2) is 40.3 Å². The van der Waals surface area contributed by atoms with Crippen molar-refractivity contribution in [3.8, 4) is 5.75 Å². The van der Waals surface area contributed by atoms with Crippen molar-refractivity contribution in [3.05, 3.63) is 53.0 Å². The molecule has 2 aromatic heterocycles. The Bertz CT molecular complexity index is 1100. The van der Waals surface area contributed by atoms with Crippen molar-refractivity contribution in [1.82, 2.24) is 15.5 Å². The lowest BCUT2D eigenvalue weighted by Crippen LogP contribution is -2.39. The minimum atomic E-state index is -1.28. The first-order valence-corrected chi connectivity index (χ1v) is 9.13. The van der Waals surface area contributed by atoms with E-state index in [1.165, 1.54) is 0 Å². The van der Waals surface area contributed by atoms with Crippen LogP contribution in [0, 0.1) is 6.92 Å². The third-order valence-corrected chi connectivity index (χ3v) is 5.26. The molecule has 0 spiro atoms. The monoisotopic (exact) mass is 396 g/mol. The molecule has 0 aliphatic carbocycles. The molecule has 0 radical (unpaired) electrons. The van der Waals surface area contributed by atoms with Crippen molar-refractivity contribution in [1.29, 1.82) is 0 Å². The fourth-order valence-electron chi connectivity index (χ4n) is 3.88. The van der Waals surface area contributed by atoms with E-state index in [1.54, 1.807) is 37.4 Å². The van der Waals surface area contributed by atoms with Gasteiger partial charge in [-0.15, -0.1) is 0 Å². The number of aliphatic hydroxyl groups excluding tert-OH is 1. The van der Waals surface area contributed by atoms with Gasteiger partial charge >= 0.3 is 0 Å². The molecule has 9 nitrogen and oxygen atoms in total. The Hall–Kier alpha value is -3.46. The molecular formula is C20H20N4O5. The van der Waals surface area contributed by atoms with E-state index in [9.17, 15) is 14.7 Å². The van der Waals surface area contributed by atoms with E-state index in [2.05, 4.69) is 15.5 Å². The molecule has 4 N–H and O–H groups in total. The highest BCUT2D eigenvalue weighted by Crippen LogP contribution is 2.44. The summed E-state index contributed by atoms with van der Waals surface area (Å²) < 4.78 is 11.7. The number of carbonyl (C=O) groups is 2. The molecule has 9 heteroatoms. The van der Waals surface area contributed by atoms with Crippen LogP contribution in [0.1, 0.15) is 33.8 Å². The van der Waals surface area contributed by atoms with Crippen molar-refractivity contribution >= 4 is 22.8 Å². The van der Waals surface area contributed by atoms with Crippen LogP contribution in [0.2, 0.25) is 0 Å². The van der Waals surface area contributed by atoms with Gasteiger partial charge in [0.1, 0.15) is 34.8 Å². The Kier molecular flexibility index (Phi) is 4.67. The number of nitrogens with one attached hydrogen (secondary N) is 1. The van der Waals surface area contributed by atoms with Crippen molar-refractivity contribution in [2.45, 2.75) is 25.4 Å². The SMILES string of the molecule is Cc1oc2ccc(OCc3cccnn3)c(C3(CO)CCNC3=O)c2c1C(N)=O. The fourth-order valence-corrected chi connectivity index (χ4v) is 3.88. The standard InChI is InChI=1S/C20H20N4O5/c1-11-15(18(21)26)16-13(29-11)4-5-14(28-9-12-3-2-7-23-24-12)17(16)20(10-25)6-8-22-19(20)27/h2-5,7,25H,6,8-10H2,1H3,(H2,21,26)(H,22,27). The summed E-state index contributed by atoms with van der Waals surface area (Å²) in [6.45, 7) is 1.66. The highest BCUT2D eigenvalue weighted by Gasteiger charge is 2.47. The lowest BCUT2D eigenvalue weighted by molar-refractivity contribution is -0.125. The first kappa shape index (κ1) is 18.9. The molecule has 2 amide bonds. The summed E-state index contributed by atoms with van der Waals surface area (Å²) in [7, 11) is 0. The van der Waals surface area contributed by atoms with E-state index < -0.39 is 17.9 Å². The van der Waals surface area contributed by atoms with E-state index in [0.717, 1.165) is 0 Å². The molecule has 1 atom stereocenters. The lowest BCUT2D eigenvalue weighted by Gasteiger charge is -2.27. The third kappa shape index (κ3) is 2.99. The maximum absolute atomic E-state index is 12.8. The first-order valence-electron chi connectivity index (χ1n) is 9.13. The van der Waals surface area contributed by atoms with E-state index in [-0.39, 0.29) is 18.1 Å². The normalized spacial score (nSPS) is 18.8. The zero-order valence-corrected chi connectivity index (χ0v) is 15.8. The van der Waals surface area contributed by atoms with Gasteiger partial charge in [0.25, 0.3) is 5.91 Å². The smallest absolute Gasteiger partial charge is 0.252 e. The second-order valence-electron chi connectivity index (χ2n) is 6.96. The van der Waals surface area contributed by atoms with Crippen LogP contribution in [0.5, 0.6) is 5.75 Å². The number of fused-ring (bicyclic) bond motifs is 1. The number of aliphatic hydroxyl groups is 1. The van der Waals surface area contributed by atoms with Gasteiger partial charge in [0.2, 0.25) is 5.91 Å². The van der Waals surface area contributed by atoms with E-state index in [0.29, 0.717) is 46.7 Å². The number of hydrogen-bond donors (Lipinski definition) is 3. The van der Waals surface area contributed by atoms with Gasteiger partial charge in [-0.2, -0.15) is 10.2 Å². The fraction of sp³-hybridized carbons (Fsp3) is 0.300. The first-order chi connectivity index (χ1) is 14.0. The molecule has 1 saturated heterocycles. The Morgan fingerprint density at radius 2 is 2.24 bits per heavy atom.